The summed E-state index contributed by atoms with van der Waals surface area (Å²) in [6.07, 6.45) is 2.83. The van der Waals surface area contributed by atoms with E-state index in [4.69, 9.17) is 9.47 Å². The van der Waals surface area contributed by atoms with Crippen molar-refractivity contribution in [3.05, 3.63) is 48.0 Å². The number of para-hydroxylation sites is 1. The lowest BCUT2D eigenvalue weighted by atomic mass is 10.1. The molecule has 0 aliphatic heterocycles. The third kappa shape index (κ3) is 6.50. The SMILES string of the molecule is CCCCNC(=O)CSc1nc(NCCc2ccc(OC)c(OC)c2)c2ccccc2n1. The maximum absolute atomic E-state index is 12.0. The van der Waals surface area contributed by atoms with E-state index in [-0.39, 0.29) is 5.91 Å². The van der Waals surface area contributed by atoms with Crippen LogP contribution in [0.15, 0.2) is 47.6 Å². The van der Waals surface area contributed by atoms with Crippen molar-refractivity contribution in [3.63, 3.8) is 0 Å². The van der Waals surface area contributed by atoms with E-state index in [9.17, 15) is 4.79 Å². The molecule has 3 aromatic rings. The smallest absolute Gasteiger partial charge is 0.230 e. The number of amides is 1. The quantitative estimate of drug-likeness (QED) is 0.240. The Balaban J connectivity index is 1.67. The molecule has 2 aromatic carbocycles. The summed E-state index contributed by atoms with van der Waals surface area (Å²) in [5, 5.41) is 7.90. The number of unbranched alkanes of at least 4 members (excludes halogenated alkanes) is 1. The molecule has 170 valence electrons. The molecule has 0 aliphatic rings. The zero-order valence-electron chi connectivity index (χ0n) is 18.8. The lowest BCUT2D eigenvalue weighted by Gasteiger charge is -2.12. The van der Waals surface area contributed by atoms with E-state index in [1.54, 1.807) is 14.2 Å². The first-order valence-corrected chi connectivity index (χ1v) is 11.7. The highest BCUT2D eigenvalue weighted by Crippen LogP contribution is 2.28. The Morgan fingerprint density at radius 3 is 2.62 bits per heavy atom. The number of methoxy groups -OCH3 is 2. The van der Waals surface area contributed by atoms with E-state index in [1.807, 2.05) is 42.5 Å². The monoisotopic (exact) mass is 454 g/mol. The number of carbonyl (C=O) groups excluding carboxylic acids is 1. The van der Waals surface area contributed by atoms with Crippen LogP contribution >= 0.6 is 11.8 Å². The van der Waals surface area contributed by atoms with Gasteiger partial charge in [-0.3, -0.25) is 4.79 Å². The van der Waals surface area contributed by atoms with Gasteiger partial charge in [0, 0.05) is 18.5 Å². The van der Waals surface area contributed by atoms with Crippen LogP contribution < -0.4 is 20.1 Å². The van der Waals surface area contributed by atoms with Gasteiger partial charge in [-0.05, 0) is 42.7 Å². The molecule has 8 heteroatoms. The Labute approximate surface area is 193 Å². The fourth-order valence-corrected chi connectivity index (χ4v) is 3.88. The number of nitrogens with zero attached hydrogens (tertiary/aromatic N) is 2. The number of rotatable bonds is 12. The second-order valence-corrected chi connectivity index (χ2v) is 8.17. The van der Waals surface area contributed by atoms with Crippen LogP contribution in [0.25, 0.3) is 10.9 Å². The normalized spacial score (nSPS) is 10.7. The van der Waals surface area contributed by atoms with Crippen molar-refractivity contribution >= 4 is 34.4 Å². The topological polar surface area (TPSA) is 85.4 Å². The van der Waals surface area contributed by atoms with Crippen molar-refractivity contribution in [3.8, 4) is 11.5 Å². The van der Waals surface area contributed by atoms with Crippen molar-refractivity contribution in [2.45, 2.75) is 31.3 Å². The van der Waals surface area contributed by atoms with Gasteiger partial charge in [-0.1, -0.05) is 43.3 Å². The summed E-state index contributed by atoms with van der Waals surface area (Å²) in [5.74, 6) is 2.50. The molecule has 1 aromatic heterocycles. The highest BCUT2D eigenvalue weighted by atomic mass is 32.2. The summed E-state index contributed by atoms with van der Waals surface area (Å²) < 4.78 is 10.7. The summed E-state index contributed by atoms with van der Waals surface area (Å²) >= 11 is 1.35. The number of hydrogen-bond donors (Lipinski definition) is 2. The first kappa shape index (κ1) is 23.7. The van der Waals surface area contributed by atoms with Gasteiger partial charge in [0.1, 0.15) is 5.82 Å². The van der Waals surface area contributed by atoms with Gasteiger partial charge in [-0.25, -0.2) is 9.97 Å². The maximum Gasteiger partial charge on any atom is 0.230 e. The lowest BCUT2D eigenvalue weighted by Crippen LogP contribution is -2.26. The average molecular weight is 455 g/mol. The molecule has 2 N–H and O–H groups in total. The largest absolute Gasteiger partial charge is 0.493 e. The molecule has 0 radical (unpaired) electrons. The molecule has 0 unspecified atom stereocenters. The van der Waals surface area contributed by atoms with Crippen LogP contribution in [0.5, 0.6) is 11.5 Å². The van der Waals surface area contributed by atoms with Crippen LogP contribution in [-0.4, -0.2) is 48.9 Å². The van der Waals surface area contributed by atoms with E-state index in [0.717, 1.165) is 41.5 Å². The third-order valence-electron chi connectivity index (χ3n) is 4.92. The number of thioether (sulfide) groups is 1. The first-order valence-electron chi connectivity index (χ1n) is 10.8. The number of benzene rings is 2. The Morgan fingerprint density at radius 1 is 1.03 bits per heavy atom. The molecular weight excluding hydrogens is 424 g/mol. The summed E-state index contributed by atoms with van der Waals surface area (Å²) in [6, 6.07) is 13.8. The number of nitrogens with one attached hydrogen (secondary N) is 2. The molecule has 0 saturated heterocycles. The fourth-order valence-electron chi connectivity index (χ4n) is 3.20. The van der Waals surface area contributed by atoms with Gasteiger partial charge in [0.25, 0.3) is 0 Å². The fraction of sp³-hybridized carbons (Fsp3) is 0.375. The van der Waals surface area contributed by atoms with Gasteiger partial charge >= 0.3 is 0 Å². The highest BCUT2D eigenvalue weighted by molar-refractivity contribution is 7.99. The summed E-state index contributed by atoms with van der Waals surface area (Å²) in [6.45, 7) is 3.50. The molecule has 32 heavy (non-hydrogen) atoms. The lowest BCUT2D eigenvalue weighted by molar-refractivity contribution is -0.118. The van der Waals surface area contributed by atoms with Gasteiger partial charge in [-0.15, -0.1) is 0 Å². The van der Waals surface area contributed by atoms with Gasteiger partial charge < -0.3 is 20.1 Å². The molecule has 0 saturated carbocycles. The Hall–Kier alpha value is -3.00. The molecule has 0 spiro atoms. The molecule has 7 nitrogen and oxygen atoms in total. The maximum atomic E-state index is 12.0. The average Bonchev–Trinajstić information content (AvgIpc) is 2.82. The summed E-state index contributed by atoms with van der Waals surface area (Å²) in [4.78, 5) is 21.3. The van der Waals surface area contributed by atoms with Crippen LogP contribution in [0.4, 0.5) is 5.82 Å². The number of ether oxygens (including phenoxy) is 2. The molecule has 0 bridgehead atoms. The number of fused-ring (bicyclic) bond motifs is 1. The van der Waals surface area contributed by atoms with E-state index < -0.39 is 0 Å². The molecular formula is C24H30N4O3S. The molecule has 1 heterocycles. The number of aromatic nitrogens is 2. The van der Waals surface area contributed by atoms with Crippen molar-refractivity contribution in [1.82, 2.24) is 15.3 Å². The Morgan fingerprint density at radius 2 is 1.84 bits per heavy atom. The Bertz CT molecular complexity index is 1040. The highest BCUT2D eigenvalue weighted by Gasteiger charge is 2.10. The first-order chi connectivity index (χ1) is 15.6. The van der Waals surface area contributed by atoms with Crippen molar-refractivity contribution < 1.29 is 14.3 Å². The van der Waals surface area contributed by atoms with Crippen LogP contribution in [-0.2, 0) is 11.2 Å². The van der Waals surface area contributed by atoms with E-state index in [1.165, 1.54) is 11.8 Å². The minimum Gasteiger partial charge on any atom is -0.493 e. The molecule has 1 amide bonds. The van der Waals surface area contributed by atoms with Crippen molar-refractivity contribution in [2.24, 2.45) is 0 Å². The minimum atomic E-state index is 0.00294. The predicted molar refractivity (Wildman–Crippen MR) is 130 cm³/mol. The molecule has 0 aliphatic carbocycles. The minimum absolute atomic E-state index is 0.00294. The van der Waals surface area contributed by atoms with E-state index in [0.29, 0.717) is 35.5 Å². The van der Waals surface area contributed by atoms with E-state index >= 15 is 0 Å². The van der Waals surface area contributed by atoms with Gasteiger partial charge in [0.05, 0.1) is 25.5 Å². The van der Waals surface area contributed by atoms with Crippen LogP contribution in [0.2, 0.25) is 0 Å². The summed E-state index contributed by atoms with van der Waals surface area (Å²) in [5.41, 5.74) is 1.98. The van der Waals surface area contributed by atoms with E-state index in [2.05, 4.69) is 27.5 Å². The Kier molecular flexibility index (Phi) is 8.98. The number of hydrogen-bond acceptors (Lipinski definition) is 7. The zero-order valence-corrected chi connectivity index (χ0v) is 19.6. The molecule has 3 rings (SSSR count). The van der Waals surface area contributed by atoms with Crippen LogP contribution in [0, 0.1) is 0 Å². The second kappa shape index (κ2) is 12.1. The van der Waals surface area contributed by atoms with Gasteiger partial charge in [-0.2, -0.15) is 0 Å². The van der Waals surface area contributed by atoms with Crippen LogP contribution in [0.3, 0.4) is 0 Å². The van der Waals surface area contributed by atoms with Gasteiger partial charge in [0.15, 0.2) is 16.7 Å². The van der Waals surface area contributed by atoms with Crippen molar-refractivity contribution in [1.29, 1.82) is 0 Å². The third-order valence-corrected chi connectivity index (χ3v) is 5.77. The van der Waals surface area contributed by atoms with Crippen molar-refractivity contribution in [2.75, 3.05) is 38.4 Å². The number of anilines is 1. The standard InChI is InChI=1S/C24H30N4O3S/c1-4-5-13-25-22(29)16-32-24-27-19-9-7-6-8-18(19)23(28-24)26-14-12-17-10-11-20(30-2)21(15-17)31-3/h6-11,15H,4-5,12-14,16H2,1-3H3,(H,25,29)(H,26,27,28). The molecule has 0 atom stereocenters. The number of carbonyl (C=O) groups is 1. The zero-order chi connectivity index (χ0) is 22.8. The second-order valence-electron chi connectivity index (χ2n) is 7.23. The van der Waals surface area contributed by atoms with Gasteiger partial charge in [0.2, 0.25) is 5.91 Å². The molecule has 0 fully saturated rings. The predicted octanol–water partition coefficient (Wildman–Crippen LogP) is 4.31. The summed E-state index contributed by atoms with van der Waals surface area (Å²) in [7, 11) is 3.26. The van der Waals surface area contributed by atoms with Crippen LogP contribution in [0.1, 0.15) is 25.3 Å².